The molecule has 1 heterocycles. The SMILES string of the molecule is Cc1cc(C(=O)N2CCC[C@H]2C(=O)O)ccc1Cl. The Labute approximate surface area is 110 Å². The average Bonchev–Trinajstić information content (AvgIpc) is 2.81. The molecule has 0 unspecified atom stereocenters. The molecule has 1 fully saturated rings. The van der Waals surface area contributed by atoms with Gasteiger partial charge in [-0.05, 0) is 43.5 Å². The molecule has 0 bridgehead atoms. The highest BCUT2D eigenvalue weighted by Gasteiger charge is 2.34. The molecule has 96 valence electrons. The Balaban J connectivity index is 2.25. The van der Waals surface area contributed by atoms with E-state index in [4.69, 9.17) is 16.7 Å². The lowest BCUT2D eigenvalue weighted by Crippen LogP contribution is -2.40. The second-order valence-corrected chi connectivity index (χ2v) is 4.87. The summed E-state index contributed by atoms with van der Waals surface area (Å²) in [5.74, 6) is -1.17. The number of aliphatic carboxylic acids is 1. The molecule has 1 atom stereocenters. The first-order valence-electron chi connectivity index (χ1n) is 5.80. The summed E-state index contributed by atoms with van der Waals surface area (Å²) in [6, 6.07) is 4.29. The van der Waals surface area contributed by atoms with Crippen molar-refractivity contribution in [3.8, 4) is 0 Å². The number of halogens is 1. The number of hydrogen-bond acceptors (Lipinski definition) is 2. The van der Waals surface area contributed by atoms with E-state index in [0.717, 1.165) is 12.0 Å². The van der Waals surface area contributed by atoms with Gasteiger partial charge in [-0.1, -0.05) is 11.6 Å². The summed E-state index contributed by atoms with van der Waals surface area (Å²) < 4.78 is 0. The Morgan fingerprint density at radius 1 is 1.44 bits per heavy atom. The van der Waals surface area contributed by atoms with Crippen LogP contribution in [0.5, 0.6) is 0 Å². The van der Waals surface area contributed by atoms with Crippen molar-refractivity contribution in [2.75, 3.05) is 6.54 Å². The van der Waals surface area contributed by atoms with Gasteiger partial charge in [0.25, 0.3) is 5.91 Å². The Morgan fingerprint density at radius 2 is 2.17 bits per heavy atom. The molecule has 0 saturated carbocycles. The van der Waals surface area contributed by atoms with Crippen LogP contribution in [0, 0.1) is 6.92 Å². The van der Waals surface area contributed by atoms with Gasteiger partial charge in [-0.25, -0.2) is 4.79 Å². The lowest BCUT2D eigenvalue weighted by Gasteiger charge is -2.21. The van der Waals surface area contributed by atoms with Crippen LogP contribution in [0.1, 0.15) is 28.8 Å². The Hall–Kier alpha value is -1.55. The monoisotopic (exact) mass is 267 g/mol. The first-order chi connectivity index (χ1) is 8.50. The van der Waals surface area contributed by atoms with Gasteiger partial charge in [0.05, 0.1) is 0 Å². The zero-order valence-corrected chi connectivity index (χ0v) is 10.8. The van der Waals surface area contributed by atoms with Crippen molar-refractivity contribution in [3.05, 3.63) is 34.3 Å². The van der Waals surface area contributed by atoms with Crippen molar-refractivity contribution < 1.29 is 14.7 Å². The van der Waals surface area contributed by atoms with Crippen LogP contribution in [0.25, 0.3) is 0 Å². The van der Waals surface area contributed by atoms with Crippen LogP contribution < -0.4 is 0 Å². The minimum atomic E-state index is -0.938. The first kappa shape index (κ1) is 12.9. The van der Waals surface area contributed by atoms with Gasteiger partial charge in [-0.3, -0.25) is 4.79 Å². The fraction of sp³-hybridized carbons (Fsp3) is 0.385. The molecule has 1 aliphatic heterocycles. The van der Waals surface area contributed by atoms with Crippen LogP contribution in [0.2, 0.25) is 5.02 Å². The second kappa shape index (κ2) is 4.98. The van der Waals surface area contributed by atoms with E-state index in [1.165, 1.54) is 4.90 Å². The number of rotatable bonds is 2. The van der Waals surface area contributed by atoms with Crippen LogP contribution in [-0.2, 0) is 4.79 Å². The molecule has 4 nitrogen and oxygen atoms in total. The maximum absolute atomic E-state index is 12.2. The third kappa shape index (κ3) is 2.34. The maximum Gasteiger partial charge on any atom is 0.326 e. The van der Waals surface area contributed by atoms with Gasteiger partial charge in [0.2, 0.25) is 0 Å². The minimum Gasteiger partial charge on any atom is -0.480 e. The number of nitrogens with zero attached hydrogens (tertiary/aromatic N) is 1. The number of carboxylic acid groups (broad SMARTS) is 1. The van der Waals surface area contributed by atoms with Crippen molar-refractivity contribution in [1.29, 1.82) is 0 Å². The van der Waals surface area contributed by atoms with Crippen molar-refractivity contribution in [3.63, 3.8) is 0 Å². The molecule has 0 aromatic heterocycles. The molecule has 5 heteroatoms. The van der Waals surface area contributed by atoms with Crippen molar-refractivity contribution in [1.82, 2.24) is 4.90 Å². The number of carbonyl (C=O) groups is 2. The summed E-state index contributed by atoms with van der Waals surface area (Å²) in [4.78, 5) is 24.7. The van der Waals surface area contributed by atoms with E-state index in [0.29, 0.717) is 23.6 Å². The molecule has 1 saturated heterocycles. The summed E-state index contributed by atoms with van der Waals surface area (Å²) in [5.41, 5.74) is 1.30. The number of aryl methyl sites for hydroxylation is 1. The van der Waals surface area contributed by atoms with Gasteiger partial charge in [0, 0.05) is 17.1 Å². The van der Waals surface area contributed by atoms with Crippen LogP contribution in [0.3, 0.4) is 0 Å². The molecule has 1 aromatic carbocycles. The second-order valence-electron chi connectivity index (χ2n) is 4.46. The number of hydrogen-bond donors (Lipinski definition) is 1. The molecule has 1 aromatic rings. The topological polar surface area (TPSA) is 57.6 Å². The predicted octanol–water partition coefficient (Wildman–Crippen LogP) is 2.34. The first-order valence-corrected chi connectivity index (χ1v) is 6.18. The lowest BCUT2D eigenvalue weighted by atomic mass is 10.1. The normalized spacial score (nSPS) is 19.0. The van der Waals surface area contributed by atoms with E-state index < -0.39 is 12.0 Å². The van der Waals surface area contributed by atoms with Crippen LogP contribution >= 0.6 is 11.6 Å². The van der Waals surface area contributed by atoms with Gasteiger partial charge in [-0.2, -0.15) is 0 Å². The maximum atomic E-state index is 12.2. The van der Waals surface area contributed by atoms with E-state index in [9.17, 15) is 9.59 Å². The molecule has 0 radical (unpaired) electrons. The number of likely N-dealkylation sites (tertiary alicyclic amines) is 1. The van der Waals surface area contributed by atoms with Gasteiger partial charge >= 0.3 is 5.97 Å². The molecular formula is C13H14ClNO3. The van der Waals surface area contributed by atoms with Crippen molar-refractivity contribution >= 4 is 23.5 Å². The molecule has 0 aliphatic carbocycles. The highest BCUT2D eigenvalue weighted by molar-refractivity contribution is 6.31. The Kier molecular flexibility index (Phi) is 3.57. The van der Waals surface area contributed by atoms with Gasteiger partial charge < -0.3 is 10.0 Å². The van der Waals surface area contributed by atoms with Crippen molar-refractivity contribution in [2.24, 2.45) is 0 Å². The average molecular weight is 268 g/mol. The fourth-order valence-electron chi connectivity index (χ4n) is 2.21. The number of carbonyl (C=O) groups excluding carboxylic acids is 1. The van der Waals surface area contributed by atoms with Gasteiger partial charge in [0.1, 0.15) is 6.04 Å². The summed E-state index contributed by atoms with van der Waals surface area (Å²) in [7, 11) is 0. The number of amides is 1. The van der Waals surface area contributed by atoms with E-state index in [1.807, 2.05) is 6.92 Å². The smallest absolute Gasteiger partial charge is 0.326 e. The quantitative estimate of drug-likeness (QED) is 0.895. The third-order valence-corrected chi connectivity index (χ3v) is 3.63. The van der Waals surface area contributed by atoms with E-state index in [2.05, 4.69) is 0 Å². The lowest BCUT2D eigenvalue weighted by molar-refractivity contribution is -0.141. The minimum absolute atomic E-state index is 0.236. The fourth-order valence-corrected chi connectivity index (χ4v) is 2.33. The van der Waals surface area contributed by atoms with Gasteiger partial charge in [-0.15, -0.1) is 0 Å². The predicted molar refractivity (Wildman–Crippen MR) is 67.9 cm³/mol. The molecule has 1 aliphatic rings. The Bertz CT molecular complexity index is 501. The molecular weight excluding hydrogens is 254 g/mol. The van der Waals surface area contributed by atoms with Crippen molar-refractivity contribution in [2.45, 2.75) is 25.8 Å². The molecule has 2 rings (SSSR count). The van der Waals surface area contributed by atoms with Crippen LogP contribution in [-0.4, -0.2) is 34.5 Å². The summed E-state index contributed by atoms with van der Waals surface area (Å²) in [5, 5.41) is 9.66. The highest BCUT2D eigenvalue weighted by atomic mass is 35.5. The van der Waals surface area contributed by atoms with E-state index >= 15 is 0 Å². The van der Waals surface area contributed by atoms with E-state index in [-0.39, 0.29) is 5.91 Å². The molecule has 0 spiro atoms. The Morgan fingerprint density at radius 3 is 2.78 bits per heavy atom. The standard InChI is InChI=1S/C13H14ClNO3/c1-8-7-9(4-5-10(8)14)12(16)15-6-2-3-11(15)13(17)18/h4-5,7,11H,2-3,6H2,1H3,(H,17,18)/t11-/m0/s1. The molecule has 18 heavy (non-hydrogen) atoms. The zero-order valence-electron chi connectivity index (χ0n) is 10.0. The highest BCUT2D eigenvalue weighted by Crippen LogP contribution is 2.22. The number of benzene rings is 1. The van der Waals surface area contributed by atoms with Crippen LogP contribution in [0.4, 0.5) is 0 Å². The largest absolute Gasteiger partial charge is 0.480 e. The third-order valence-electron chi connectivity index (χ3n) is 3.20. The number of carboxylic acids is 1. The summed E-state index contributed by atoms with van der Waals surface area (Å²) in [6.45, 7) is 2.31. The summed E-state index contributed by atoms with van der Waals surface area (Å²) in [6.07, 6.45) is 1.25. The van der Waals surface area contributed by atoms with Gasteiger partial charge in [0.15, 0.2) is 0 Å². The molecule has 1 N–H and O–H groups in total. The van der Waals surface area contributed by atoms with Crippen LogP contribution in [0.15, 0.2) is 18.2 Å². The van der Waals surface area contributed by atoms with E-state index in [1.54, 1.807) is 18.2 Å². The zero-order chi connectivity index (χ0) is 13.3. The molecule has 1 amide bonds. The summed E-state index contributed by atoms with van der Waals surface area (Å²) >= 11 is 5.91.